The number of carbonyl (C=O) groups excluding carboxylic acids is 1. The summed E-state index contributed by atoms with van der Waals surface area (Å²) in [5.74, 6) is -0.518. The lowest BCUT2D eigenvalue weighted by molar-refractivity contribution is -0.149. The molecule has 0 aliphatic rings. The molecule has 0 radical (unpaired) electrons. The molecule has 2 N–H and O–H groups in total. The average Bonchev–Trinajstić information content (AvgIpc) is 3.20. The van der Waals surface area contributed by atoms with Crippen LogP contribution >= 0.6 is 0 Å². The fraction of sp³-hybridized carbons (Fsp3) is 0.130. The van der Waals surface area contributed by atoms with Crippen LogP contribution in [0.3, 0.4) is 0 Å². The Morgan fingerprint density at radius 3 is 2.64 bits per heavy atom. The van der Waals surface area contributed by atoms with Crippen molar-refractivity contribution >= 4 is 23.2 Å². The van der Waals surface area contributed by atoms with E-state index in [1.165, 1.54) is 16.6 Å². The molecule has 2 aromatic carbocycles. The van der Waals surface area contributed by atoms with E-state index in [1.807, 2.05) is 5.32 Å². The highest BCUT2D eigenvalue weighted by molar-refractivity contribution is 5.95. The number of anilines is 2. The van der Waals surface area contributed by atoms with E-state index < -0.39 is 18.1 Å². The second kappa shape index (κ2) is 8.63. The van der Waals surface area contributed by atoms with Gasteiger partial charge in [0.05, 0.1) is 11.3 Å². The van der Waals surface area contributed by atoms with E-state index in [0.29, 0.717) is 34.0 Å². The van der Waals surface area contributed by atoms with Gasteiger partial charge in [0.15, 0.2) is 5.65 Å². The molecule has 7 nitrogen and oxygen atoms in total. The summed E-state index contributed by atoms with van der Waals surface area (Å²) < 4.78 is 39.8. The predicted molar refractivity (Wildman–Crippen MR) is 116 cm³/mol. The van der Waals surface area contributed by atoms with Crippen LogP contribution < -0.4 is 10.6 Å². The minimum absolute atomic E-state index is 0.109. The number of nitrogens with one attached hydrogen (secondary N) is 2. The summed E-state index contributed by atoms with van der Waals surface area (Å²) >= 11 is 0. The van der Waals surface area contributed by atoms with E-state index in [9.17, 15) is 23.2 Å². The van der Waals surface area contributed by atoms with Crippen LogP contribution in [0.15, 0.2) is 66.9 Å². The van der Waals surface area contributed by atoms with Gasteiger partial charge in [0.2, 0.25) is 5.95 Å². The Labute approximate surface area is 186 Å². The number of fused-ring (bicyclic) bond motifs is 1. The van der Waals surface area contributed by atoms with Crippen LogP contribution in [0.1, 0.15) is 22.8 Å². The smallest absolute Gasteiger partial charge is 0.341 e. The van der Waals surface area contributed by atoms with Gasteiger partial charge in [-0.1, -0.05) is 24.3 Å². The van der Waals surface area contributed by atoms with Crippen LogP contribution in [0.2, 0.25) is 0 Å². The van der Waals surface area contributed by atoms with E-state index in [1.54, 1.807) is 54.7 Å². The minimum atomic E-state index is -4.52. The van der Waals surface area contributed by atoms with Gasteiger partial charge < -0.3 is 10.6 Å². The highest BCUT2D eigenvalue weighted by Gasteiger charge is 2.37. The molecular weight excluding hydrogens is 433 g/mol. The molecule has 10 heteroatoms. The van der Waals surface area contributed by atoms with Crippen molar-refractivity contribution in [2.45, 2.75) is 19.1 Å². The number of alkyl halides is 3. The Morgan fingerprint density at radius 1 is 1.09 bits per heavy atom. The summed E-state index contributed by atoms with van der Waals surface area (Å²) in [7, 11) is 0. The van der Waals surface area contributed by atoms with Gasteiger partial charge in [-0.05, 0) is 48.9 Å². The fourth-order valence-electron chi connectivity index (χ4n) is 3.12. The molecule has 4 aromatic rings. The molecule has 1 atom stereocenters. The Balaban J connectivity index is 1.59. The molecule has 0 unspecified atom stereocenters. The number of halogens is 3. The maximum absolute atomic E-state index is 12.7. The molecule has 4 rings (SSSR count). The summed E-state index contributed by atoms with van der Waals surface area (Å²) in [5.41, 5.74) is 3.00. The van der Waals surface area contributed by atoms with E-state index in [2.05, 4.69) is 21.5 Å². The summed E-state index contributed by atoms with van der Waals surface area (Å²) in [4.78, 5) is 16.6. The lowest BCUT2D eigenvalue weighted by Gasteiger charge is -2.17. The monoisotopic (exact) mass is 450 g/mol. The van der Waals surface area contributed by atoms with Crippen molar-refractivity contribution in [2.24, 2.45) is 0 Å². The maximum atomic E-state index is 12.7. The molecule has 33 heavy (non-hydrogen) atoms. The topological polar surface area (TPSA) is 95.1 Å². The van der Waals surface area contributed by atoms with Crippen molar-refractivity contribution in [3.63, 3.8) is 0 Å². The number of hydrogen-bond donors (Lipinski definition) is 2. The number of nitrogens with zero attached hydrogens (tertiary/aromatic N) is 4. The zero-order valence-corrected chi connectivity index (χ0v) is 17.3. The quantitative estimate of drug-likeness (QED) is 0.460. The normalized spacial score (nSPS) is 12.2. The van der Waals surface area contributed by atoms with Crippen molar-refractivity contribution in [1.82, 2.24) is 19.9 Å². The number of aromatic nitrogens is 3. The first-order valence-corrected chi connectivity index (χ1v) is 9.85. The molecule has 0 aliphatic carbocycles. The minimum Gasteiger partial charge on any atom is -0.341 e. The number of hydrogen-bond acceptors (Lipinski definition) is 5. The lowest BCUT2D eigenvalue weighted by atomic mass is 10.0. The van der Waals surface area contributed by atoms with E-state index in [0.717, 1.165) is 6.92 Å². The summed E-state index contributed by atoms with van der Waals surface area (Å²) in [6.45, 7) is 0.890. The first kappa shape index (κ1) is 21.8. The number of amides is 1. The lowest BCUT2D eigenvalue weighted by Crippen LogP contribution is -2.43. The summed E-state index contributed by atoms with van der Waals surface area (Å²) in [6, 6.07) is 16.9. The highest BCUT2D eigenvalue weighted by Crippen LogP contribution is 2.24. The van der Waals surface area contributed by atoms with Crippen molar-refractivity contribution in [2.75, 3.05) is 5.32 Å². The van der Waals surface area contributed by atoms with Crippen LogP contribution in [0.5, 0.6) is 0 Å². The number of pyridine rings is 1. The van der Waals surface area contributed by atoms with E-state index in [-0.39, 0.29) is 5.56 Å². The first-order chi connectivity index (χ1) is 15.7. The Bertz CT molecular complexity index is 1370. The first-order valence-electron chi connectivity index (χ1n) is 9.85. The SMILES string of the molecule is C[C@H](NC(=O)c1cccc(-c2ccc3nc(Nc4ccccc4C#N)nn3c2)c1)C(F)(F)F. The van der Waals surface area contributed by atoms with Crippen LogP contribution in [-0.2, 0) is 0 Å². The second-order valence-electron chi connectivity index (χ2n) is 7.26. The zero-order chi connectivity index (χ0) is 23.6. The van der Waals surface area contributed by atoms with Gasteiger partial charge in [-0.2, -0.15) is 23.4 Å². The molecule has 0 fully saturated rings. The molecule has 0 spiro atoms. The molecule has 0 saturated carbocycles. The summed E-state index contributed by atoms with van der Waals surface area (Å²) in [5, 5.41) is 18.6. The van der Waals surface area contributed by atoms with Gasteiger partial charge in [-0.3, -0.25) is 4.79 Å². The predicted octanol–water partition coefficient (Wildman–Crippen LogP) is 4.69. The average molecular weight is 450 g/mol. The van der Waals surface area contributed by atoms with Crippen LogP contribution in [-0.4, -0.2) is 32.7 Å². The molecule has 0 bridgehead atoms. The molecule has 2 heterocycles. The number of rotatable bonds is 5. The van der Waals surface area contributed by atoms with Crippen LogP contribution in [0.4, 0.5) is 24.8 Å². The van der Waals surface area contributed by atoms with E-state index >= 15 is 0 Å². The Hall–Kier alpha value is -4.39. The van der Waals surface area contributed by atoms with Gasteiger partial charge in [-0.25, -0.2) is 4.52 Å². The third-order valence-electron chi connectivity index (χ3n) is 4.92. The standard InChI is InChI=1S/C23H17F3N6O/c1-14(23(24,25)26)28-21(33)16-7-4-6-15(11-16)18-9-10-20-30-22(31-32(20)13-18)29-19-8-3-2-5-17(19)12-27/h2-11,13-14H,1H3,(H,28,33)(H,29,31)/t14-/m0/s1. The number of carbonyl (C=O) groups is 1. The van der Waals surface area contributed by atoms with Crippen molar-refractivity contribution in [1.29, 1.82) is 5.26 Å². The fourth-order valence-corrected chi connectivity index (χ4v) is 3.12. The van der Waals surface area contributed by atoms with Gasteiger partial charge in [0.25, 0.3) is 5.91 Å². The van der Waals surface area contributed by atoms with E-state index in [4.69, 9.17) is 0 Å². The zero-order valence-electron chi connectivity index (χ0n) is 17.3. The largest absolute Gasteiger partial charge is 0.408 e. The van der Waals surface area contributed by atoms with Crippen molar-refractivity contribution in [3.05, 3.63) is 78.0 Å². The van der Waals surface area contributed by atoms with Gasteiger partial charge in [0, 0.05) is 17.3 Å². The third kappa shape index (κ3) is 4.77. The maximum Gasteiger partial charge on any atom is 0.408 e. The Morgan fingerprint density at radius 2 is 1.88 bits per heavy atom. The molecular formula is C23H17F3N6O. The second-order valence-corrected chi connectivity index (χ2v) is 7.26. The molecule has 1 amide bonds. The molecule has 0 aliphatic heterocycles. The number of nitriles is 1. The van der Waals surface area contributed by atoms with Gasteiger partial charge in [-0.15, -0.1) is 5.10 Å². The number of benzene rings is 2. The highest BCUT2D eigenvalue weighted by atomic mass is 19.4. The van der Waals surface area contributed by atoms with Crippen LogP contribution in [0.25, 0.3) is 16.8 Å². The van der Waals surface area contributed by atoms with Crippen molar-refractivity contribution in [3.8, 4) is 17.2 Å². The third-order valence-corrected chi connectivity index (χ3v) is 4.92. The van der Waals surface area contributed by atoms with Crippen LogP contribution in [0, 0.1) is 11.3 Å². The molecule has 2 aromatic heterocycles. The number of para-hydroxylation sites is 1. The summed E-state index contributed by atoms with van der Waals surface area (Å²) in [6.07, 6.45) is -2.83. The molecule has 0 saturated heterocycles. The van der Waals surface area contributed by atoms with Crippen molar-refractivity contribution < 1.29 is 18.0 Å². The molecule has 166 valence electrons. The van der Waals surface area contributed by atoms with Gasteiger partial charge >= 0.3 is 6.18 Å². The Kier molecular flexibility index (Phi) is 5.70. The van der Waals surface area contributed by atoms with Gasteiger partial charge in [0.1, 0.15) is 12.1 Å².